The van der Waals surface area contributed by atoms with Gasteiger partial charge in [-0.15, -0.1) is 0 Å². The highest BCUT2D eigenvalue weighted by Crippen LogP contribution is 2.41. The number of nitrogens with zero attached hydrogens (tertiary/aromatic N) is 2. The summed E-state index contributed by atoms with van der Waals surface area (Å²) < 4.78 is 12.6. The Morgan fingerprint density at radius 3 is 2.70 bits per heavy atom. The molecule has 2 atom stereocenters. The molecule has 0 aliphatic carbocycles. The minimum absolute atomic E-state index is 0.137. The van der Waals surface area contributed by atoms with Crippen molar-refractivity contribution in [2.75, 3.05) is 27.3 Å². The average Bonchev–Trinajstić information content (AvgIpc) is 2.80. The molecule has 3 rings (SSSR count). The molecule has 0 aromatic carbocycles. The first-order valence-corrected chi connectivity index (χ1v) is 6.77. The minimum Gasteiger partial charge on any atom is -0.491 e. The van der Waals surface area contributed by atoms with Gasteiger partial charge in [0.2, 0.25) is 5.43 Å². The predicted octanol–water partition coefficient (Wildman–Crippen LogP) is 0.965. The van der Waals surface area contributed by atoms with E-state index in [1.165, 1.54) is 13.2 Å². The van der Waals surface area contributed by atoms with Crippen LogP contribution < -0.4 is 10.2 Å². The van der Waals surface area contributed by atoms with Gasteiger partial charge in [0.05, 0.1) is 24.9 Å². The van der Waals surface area contributed by atoms with Crippen LogP contribution in [0.5, 0.6) is 5.75 Å². The number of rotatable bonds is 3. The predicted molar refractivity (Wildman–Crippen MR) is 72.2 cm³/mol. The summed E-state index contributed by atoms with van der Waals surface area (Å²) >= 11 is 0. The van der Waals surface area contributed by atoms with Crippen LogP contribution in [0.1, 0.15) is 41.7 Å². The number of pyridine rings is 1. The summed E-state index contributed by atoms with van der Waals surface area (Å²) in [6, 6.07) is 1.68. The first-order valence-electron chi connectivity index (χ1n) is 6.77. The van der Waals surface area contributed by atoms with E-state index in [9.17, 15) is 9.59 Å². The van der Waals surface area contributed by atoms with Gasteiger partial charge in [0.15, 0.2) is 11.4 Å². The van der Waals surface area contributed by atoms with Gasteiger partial charge in [-0.1, -0.05) is 0 Å². The number of ether oxygens (including phenoxy) is 2. The molecule has 2 unspecified atom stereocenters. The Bertz CT molecular complexity index is 622. The van der Waals surface area contributed by atoms with Crippen LogP contribution in [-0.4, -0.2) is 42.7 Å². The molecule has 1 aromatic rings. The zero-order valence-electron chi connectivity index (χ0n) is 11.9. The Kier molecular flexibility index (Phi) is 3.05. The number of hydrogen-bond donors (Lipinski definition) is 0. The molecule has 1 amide bonds. The van der Waals surface area contributed by atoms with Crippen molar-refractivity contribution in [3.8, 4) is 5.75 Å². The van der Waals surface area contributed by atoms with Crippen LogP contribution >= 0.6 is 0 Å². The Morgan fingerprint density at radius 2 is 2.10 bits per heavy atom. The SMILES string of the molecule is CCN1CC2CC(OC)c3cc(=O)c(OC)c(n32)C1=O. The topological polar surface area (TPSA) is 60.8 Å². The molecule has 0 N–H and O–H groups in total. The molecule has 0 saturated heterocycles. The van der Waals surface area contributed by atoms with Gasteiger partial charge in [-0.25, -0.2) is 0 Å². The van der Waals surface area contributed by atoms with Gasteiger partial charge in [-0.3, -0.25) is 9.59 Å². The molecule has 1 aromatic heterocycles. The van der Waals surface area contributed by atoms with E-state index in [1.807, 2.05) is 11.5 Å². The molecule has 0 saturated carbocycles. The van der Waals surface area contributed by atoms with Crippen molar-refractivity contribution in [2.24, 2.45) is 0 Å². The third-order valence-corrected chi connectivity index (χ3v) is 4.21. The molecule has 2 aliphatic rings. The van der Waals surface area contributed by atoms with Crippen molar-refractivity contribution in [1.82, 2.24) is 9.47 Å². The van der Waals surface area contributed by atoms with E-state index in [1.54, 1.807) is 12.0 Å². The number of hydrogen-bond acceptors (Lipinski definition) is 4. The molecule has 0 spiro atoms. The van der Waals surface area contributed by atoms with Crippen molar-refractivity contribution >= 4 is 5.91 Å². The quantitative estimate of drug-likeness (QED) is 0.826. The average molecular weight is 278 g/mol. The van der Waals surface area contributed by atoms with Crippen LogP contribution in [0, 0.1) is 0 Å². The first kappa shape index (κ1) is 13.2. The molecule has 0 bridgehead atoms. The van der Waals surface area contributed by atoms with Crippen molar-refractivity contribution in [2.45, 2.75) is 25.5 Å². The molecule has 0 radical (unpaired) electrons. The number of amides is 1. The van der Waals surface area contributed by atoms with Crippen LogP contribution in [0.25, 0.3) is 0 Å². The molecule has 0 fully saturated rings. The number of carbonyl (C=O) groups excluding carboxylic acids is 1. The zero-order valence-corrected chi connectivity index (χ0v) is 11.9. The minimum atomic E-state index is -0.261. The number of carbonyl (C=O) groups is 1. The lowest BCUT2D eigenvalue weighted by atomic mass is 10.1. The Balaban J connectivity index is 2.28. The summed E-state index contributed by atoms with van der Waals surface area (Å²) in [7, 11) is 3.05. The van der Waals surface area contributed by atoms with Crippen LogP contribution in [0.2, 0.25) is 0 Å². The highest BCUT2D eigenvalue weighted by atomic mass is 16.5. The molecule has 2 aliphatic heterocycles. The van der Waals surface area contributed by atoms with Crippen LogP contribution in [0.4, 0.5) is 0 Å². The second-order valence-corrected chi connectivity index (χ2v) is 5.14. The van der Waals surface area contributed by atoms with Gasteiger partial charge in [0.25, 0.3) is 5.91 Å². The van der Waals surface area contributed by atoms with Crippen LogP contribution in [-0.2, 0) is 4.74 Å². The zero-order chi connectivity index (χ0) is 14.4. The molecule has 108 valence electrons. The maximum atomic E-state index is 12.5. The number of methoxy groups -OCH3 is 2. The molecule has 3 heterocycles. The normalized spacial score (nSPS) is 23.9. The smallest absolute Gasteiger partial charge is 0.274 e. The monoisotopic (exact) mass is 278 g/mol. The largest absolute Gasteiger partial charge is 0.491 e. The third kappa shape index (κ3) is 1.61. The maximum Gasteiger partial charge on any atom is 0.274 e. The highest BCUT2D eigenvalue weighted by molar-refractivity contribution is 5.96. The molecular formula is C14H18N2O4. The van der Waals surface area contributed by atoms with E-state index in [-0.39, 0.29) is 29.2 Å². The van der Waals surface area contributed by atoms with Gasteiger partial charge >= 0.3 is 0 Å². The lowest BCUT2D eigenvalue weighted by molar-refractivity contribution is 0.0652. The lowest BCUT2D eigenvalue weighted by Crippen LogP contribution is -2.43. The first-order chi connectivity index (χ1) is 9.62. The fraction of sp³-hybridized carbons (Fsp3) is 0.571. The van der Waals surface area contributed by atoms with Gasteiger partial charge in [-0.05, 0) is 6.92 Å². The second kappa shape index (κ2) is 4.63. The van der Waals surface area contributed by atoms with Crippen molar-refractivity contribution in [3.05, 3.63) is 27.7 Å². The number of aromatic nitrogens is 1. The van der Waals surface area contributed by atoms with Crippen molar-refractivity contribution in [1.29, 1.82) is 0 Å². The van der Waals surface area contributed by atoms with E-state index in [0.717, 1.165) is 12.1 Å². The summed E-state index contributed by atoms with van der Waals surface area (Å²) in [5, 5.41) is 0. The molecule has 6 nitrogen and oxygen atoms in total. The van der Waals surface area contributed by atoms with E-state index < -0.39 is 0 Å². The van der Waals surface area contributed by atoms with Crippen LogP contribution in [0.3, 0.4) is 0 Å². The van der Waals surface area contributed by atoms with Crippen molar-refractivity contribution in [3.63, 3.8) is 0 Å². The van der Waals surface area contributed by atoms with Crippen molar-refractivity contribution < 1.29 is 14.3 Å². The van der Waals surface area contributed by atoms with Gasteiger partial charge in [-0.2, -0.15) is 0 Å². The Morgan fingerprint density at radius 1 is 1.35 bits per heavy atom. The summed E-state index contributed by atoms with van der Waals surface area (Å²) in [5.74, 6) is -0.00467. The van der Waals surface area contributed by atoms with Gasteiger partial charge < -0.3 is 18.9 Å². The molecule has 6 heteroatoms. The summed E-state index contributed by atoms with van der Waals surface area (Å²) in [6.07, 6.45) is 0.641. The van der Waals surface area contributed by atoms with Crippen LogP contribution in [0.15, 0.2) is 10.9 Å². The maximum absolute atomic E-state index is 12.5. The summed E-state index contributed by atoms with van der Waals surface area (Å²) in [4.78, 5) is 26.5. The lowest BCUT2D eigenvalue weighted by Gasteiger charge is -2.33. The highest BCUT2D eigenvalue weighted by Gasteiger charge is 2.41. The van der Waals surface area contributed by atoms with Gasteiger partial charge in [0.1, 0.15) is 0 Å². The van der Waals surface area contributed by atoms with E-state index in [2.05, 4.69) is 0 Å². The fourth-order valence-electron chi connectivity index (χ4n) is 3.27. The van der Waals surface area contributed by atoms with E-state index in [4.69, 9.17) is 9.47 Å². The standard InChI is InChI=1S/C14H18N2O4/c1-4-15-7-8-5-11(19-2)9-6-10(17)13(20-3)12(14(15)18)16(8)9/h6,8,11H,4-5,7H2,1-3H3. The number of likely N-dealkylation sites (N-methyl/N-ethyl adjacent to an activating group) is 1. The summed E-state index contributed by atoms with van der Waals surface area (Å²) in [5.41, 5.74) is 0.887. The third-order valence-electron chi connectivity index (χ3n) is 4.21. The Labute approximate surface area is 116 Å². The molecular weight excluding hydrogens is 260 g/mol. The second-order valence-electron chi connectivity index (χ2n) is 5.14. The molecule has 20 heavy (non-hydrogen) atoms. The van der Waals surface area contributed by atoms with Gasteiger partial charge in [0, 0.05) is 32.7 Å². The van der Waals surface area contributed by atoms with E-state index >= 15 is 0 Å². The van der Waals surface area contributed by atoms with E-state index in [0.29, 0.717) is 18.8 Å². The summed E-state index contributed by atoms with van der Waals surface area (Å²) in [6.45, 7) is 3.21. The fourth-order valence-corrected chi connectivity index (χ4v) is 3.27. The Hall–Kier alpha value is -1.82.